The van der Waals surface area contributed by atoms with Crippen molar-refractivity contribution in [2.45, 2.75) is 82.7 Å². The minimum absolute atomic E-state index is 0.254. The molecule has 128 valence electrons. The molecule has 0 aromatic carbocycles. The van der Waals surface area contributed by atoms with Crippen molar-refractivity contribution in [3.63, 3.8) is 0 Å². The van der Waals surface area contributed by atoms with E-state index in [1.54, 1.807) is 0 Å². The summed E-state index contributed by atoms with van der Waals surface area (Å²) in [4.78, 5) is 4.67. The van der Waals surface area contributed by atoms with Gasteiger partial charge < -0.3 is 14.8 Å². The second-order valence-electron chi connectivity index (χ2n) is 7.51. The maximum atomic E-state index is 5.82. The maximum absolute atomic E-state index is 5.82. The van der Waals surface area contributed by atoms with Crippen LogP contribution in [0.2, 0.25) is 0 Å². The highest BCUT2D eigenvalue weighted by molar-refractivity contribution is 5.01. The number of aryl methyl sites for hydroxylation is 1. The maximum Gasteiger partial charge on any atom is 0.168 e. The van der Waals surface area contributed by atoms with Crippen molar-refractivity contribution in [1.82, 2.24) is 20.1 Å². The first kappa shape index (κ1) is 15.5. The Kier molecular flexibility index (Phi) is 4.15. The van der Waals surface area contributed by atoms with Gasteiger partial charge in [0.1, 0.15) is 5.82 Å². The number of hydrogen-bond acceptors (Lipinski definition) is 5. The van der Waals surface area contributed by atoms with Crippen LogP contribution in [0.3, 0.4) is 0 Å². The fourth-order valence-corrected chi connectivity index (χ4v) is 4.05. The molecule has 0 amide bonds. The smallest absolute Gasteiger partial charge is 0.168 e. The largest absolute Gasteiger partial charge is 0.348 e. The van der Waals surface area contributed by atoms with Crippen molar-refractivity contribution in [3.8, 4) is 0 Å². The predicted octanol–water partition coefficient (Wildman–Crippen LogP) is 1.99. The van der Waals surface area contributed by atoms with Gasteiger partial charge in [-0.25, -0.2) is 9.67 Å². The monoisotopic (exact) mass is 320 g/mol. The fourth-order valence-electron chi connectivity index (χ4n) is 4.05. The first-order valence-corrected chi connectivity index (χ1v) is 9.11. The molecular weight excluding hydrogens is 292 g/mol. The van der Waals surface area contributed by atoms with Gasteiger partial charge in [0.15, 0.2) is 11.6 Å². The van der Waals surface area contributed by atoms with E-state index < -0.39 is 0 Å². The van der Waals surface area contributed by atoms with Gasteiger partial charge in [0.25, 0.3) is 0 Å². The van der Waals surface area contributed by atoms with E-state index >= 15 is 0 Å². The number of aromatic nitrogens is 3. The normalized spacial score (nSPS) is 27.7. The van der Waals surface area contributed by atoms with E-state index in [0.717, 1.165) is 69.9 Å². The molecule has 1 aliphatic carbocycles. The third-order valence-corrected chi connectivity index (χ3v) is 5.42. The van der Waals surface area contributed by atoms with E-state index in [9.17, 15) is 0 Å². The van der Waals surface area contributed by atoms with Gasteiger partial charge in [-0.2, -0.15) is 5.10 Å². The Morgan fingerprint density at radius 1 is 1.13 bits per heavy atom. The number of fused-ring (bicyclic) bond motifs is 1. The lowest BCUT2D eigenvalue weighted by Gasteiger charge is -2.37. The summed E-state index contributed by atoms with van der Waals surface area (Å²) in [5, 5.41) is 8.52. The van der Waals surface area contributed by atoms with E-state index in [2.05, 4.69) is 33.9 Å². The van der Waals surface area contributed by atoms with Crippen molar-refractivity contribution < 1.29 is 9.47 Å². The van der Waals surface area contributed by atoms with Crippen LogP contribution in [0.5, 0.6) is 0 Å². The van der Waals surface area contributed by atoms with Crippen molar-refractivity contribution in [2.24, 2.45) is 0 Å². The second-order valence-corrected chi connectivity index (χ2v) is 7.51. The Morgan fingerprint density at radius 2 is 1.87 bits per heavy atom. The molecular formula is C17H28N4O2. The molecule has 1 saturated heterocycles. The molecule has 1 unspecified atom stereocenters. The summed E-state index contributed by atoms with van der Waals surface area (Å²) >= 11 is 0. The average molecular weight is 320 g/mol. The van der Waals surface area contributed by atoms with Gasteiger partial charge in [-0.05, 0) is 19.3 Å². The first-order chi connectivity index (χ1) is 11.1. The molecule has 4 rings (SSSR count). The van der Waals surface area contributed by atoms with Gasteiger partial charge in [0.05, 0.1) is 19.8 Å². The molecule has 0 radical (unpaired) electrons. The predicted molar refractivity (Wildman–Crippen MR) is 86.2 cm³/mol. The number of ether oxygens (including phenoxy) is 2. The van der Waals surface area contributed by atoms with Crippen LogP contribution >= 0.6 is 0 Å². The quantitative estimate of drug-likeness (QED) is 0.923. The molecule has 3 heterocycles. The van der Waals surface area contributed by atoms with E-state index in [1.165, 1.54) is 0 Å². The van der Waals surface area contributed by atoms with Crippen LogP contribution in [-0.4, -0.2) is 45.8 Å². The third kappa shape index (κ3) is 3.16. The lowest BCUT2D eigenvalue weighted by Crippen LogP contribution is -2.48. The number of nitrogens with one attached hydrogen (secondary N) is 1. The Bertz CT molecular complexity index is 541. The van der Waals surface area contributed by atoms with Gasteiger partial charge in [0.2, 0.25) is 0 Å². The van der Waals surface area contributed by atoms with Gasteiger partial charge in [0, 0.05) is 37.3 Å². The molecule has 1 saturated carbocycles. The Hall–Kier alpha value is -0.980. The first-order valence-electron chi connectivity index (χ1n) is 9.11. The van der Waals surface area contributed by atoms with Gasteiger partial charge in [-0.3, -0.25) is 0 Å². The lowest BCUT2D eigenvalue weighted by molar-refractivity contribution is -0.179. The van der Waals surface area contributed by atoms with E-state index in [-0.39, 0.29) is 5.79 Å². The zero-order valence-corrected chi connectivity index (χ0v) is 14.3. The van der Waals surface area contributed by atoms with Crippen molar-refractivity contribution in [2.75, 3.05) is 13.2 Å². The summed E-state index contributed by atoms with van der Waals surface area (Å²) in [5.74, 6) is 2.29. The molecule has 0 bridgehead atoms. The fraction of sp³-hybridized carbons (Fsp3) is 0.882. The van der Waals surface area contributed by atoms with Crippen molar-refractivity contribution in [1.29, 1.82) is 0 Å². The minimum Gasteiger partial charge on any atom is -0.348 e. The Morgan fingerprint density at radius 3 is 2.57 bits per heavy atom. The number of rotatable bonds is 3. The van der Waals surface area contributed by atoms with Gasteiger partial charge in [-0.15, -0.1) is 0 Å². The van der Waals surface area contributed by atoms with Crippen LogP contribution in [0.4, 0.5) is 0 Å². The summed E-state index contributed by atoms with van der Waals surface area (Å²) in [7, 11) is 0. The summed E-state index contributed by atoms with van der Waals surface area (Å²) in [6.45, 7) is 6.77. The van der Waals surface area contributed by atoms with Crippen molar-refractivity contribution in [3.05, 3.63) is 11.6 Å². The van der Waals surface area contributed by atoms with Crippen LogP contribution in [0.25, 0.3) is 0 Å². The molecule has 1 atom stereocenters. The highest BCUT2D eigenvalue weighted by Gasteiger charge is 2.40. The summed E-state index contributed by atoms with van der Waals surface area (Å²) in [6, 6.07) is 1.08. The molecule has 1 spiro atoms. The molecule has 23 heavy (non-hydrogen) atoms. The van der Waals surface area contributed by atoms with Crippen LogP contribution in [0, 0.1) is 0 Å². The topological polar surface area (TPSA) is 61.2 Å². The zero-order valence-electron chi connectivity index (χ0n) is 14.3. The molecule has 2 aliphatic heterocycles. The van der Waals surface area contributed by atoms with Crippen LogP contribution in [-0.2, 0) is 22.4 Å². The second kappa shape index (κ2) is 6.15. The van der Waals surface area contributed by atoms with E-state index in [1.807, 2.05) is 0 Å². The SMILES string of the molecule is CC(C)c1nc2n(n1)CC(NC1CCC3(CC1)OCCO3)CC2. The molecule has 1 aromatic rings. The Labute approximate surface area is 137 Å². The standard InChI is InChI=1S/C17H28N4O2/c1-12(2)16-19-15-4-3-14(11-21(15)20-16)18-13-5-7-17(8-6-13)22-9-10-23-17/h12-14,18H,3-11H2,1-2H3. The molecule has 3 aliphatic rings. The number of nitrogens with zero attached hydrogens (tertiary/aromatic N) is 3. The average Bonchev–Trinajstić information content (AvgIpc) is 3.17. The summed E-state index contributed by atoms with van der Waals surface area (Å²) in [6.07, 6.45) is 6.49. The third-order valence-electron chi connectivity index (χ3n) is 5.42. The molecule has 6 heteroatoms. The summed E-state index contributed by atoms with van der Waals surface area (Å²) in [5.41, 5.74) is 0. The van der Waals surface area contributed by atoms with Gasteiger partial charge in [-0.1, -0.05) is 13.8 Å². The highest BCUT2D eigenvalue weighted by atomic mass is 16.7. The molecule has 6 nitrogen and oxygen atoms in total. The molecule has 2 fully saturated rings. The van der Waals surface area contributed by atoms with E-state index in [0.29, 0.717) is 18.0 Å². The van der Waals surface area contributed by atoms with Crippen molar-refractivity contribution >= 4 is 0 Å². The minimum atomic E-state index is -0.254. The van der Waals surface area contributed by atoms with Gasteiger partial charge >= 0.3 is 0 Å². The number of hydrogen-bond donors (Lipinski definition) is 1. The Balaban J connectivity index is 1.32. The summed E-state index contributed by atoms with van der Waals surface area (Å²) < 4.78 is 13.8. The molecule has 1 aromatic heterocycles. The van der Waals surface area contributed by atoms with Crippen LogP contribution in [0.15, 0.2) is 0 Å². The van der Waals surface area contributed by atoms with Crippen LogP contribution < -0.4 is 5.32 Å². The zero-order chi connectivity index (χ0) is 15.9. The lowest BCUT2D eigenvalue weighted by atomic mass is 9.89. The van der Waals surface area contributed by atoms with Crippen LogP contribution in [0.1, 0.15) is 63.5 Å². The molecule has 1 N–H and O–H groups in total. The van der Waals surface area contributed by atoms with E-state index in [4.69, 9.17) is 9.47 Å². The highest BCUT2D eigenvalue weighted by Crippen LogP contribution is 2.36.